The van der Waals surface area contributed by atoms with Gasteiger partial charge in [0.05, 0.1) is 0 Å². The molecule has 0 radical (unpaired) electrons. The summed E-state index contributed by atoms with van der Waals surface area (Å²) in [5.74, 6) is -0.569. The van der Waals surface area contributed by atoms with Crippen LogP contribution in [0.15, 0.2) is 48.5 Å². The molecule has 0 saturated carbocycles. The third-order valence-electron chi connectivity index (χ3n) is 6.73. The van der Waals surface area contributed by atoms with Crippen molar-refractivity contribution in [2.45, 2.75) is 70.8 Å². The van der Waals surface area contributed by atoms with Gasteiger partial charge in [-0.2, -0.15) is 0 Å². The second kappa shape index (κ2) is 14.0. The normalized spacial score (nSPS) is 15.0. The highest BCUT2D eigenvalue weighted by molar-refractivity contribution is 5.87. The smallest absolute Gasteiger partial charge is 0.318 e. The fraction of sp³-hybridized carbons (Fsp3) is 0.517. The van der Waals surface area contributed by atoms with Crippen LogP contribution in [0.4, 0.5) is 13.6 Å². The Hall–Kier alpha value is -2.96. The molecule has 1 heterocycles. The molecule has 1 saturated heterocycles. The molecule has 5 nitrogen and oxygen atoms in total. The Balaban J connectivity index is 1.57. The van der Waals surface area contributed by atoms with Gasteiger partial charge in [0.2, 0.25) is 5.91 Å². The molecular formula is C29H39F2N3O2. The molecule has 0 aromatic heterocycles. The van der Waals surface area contributed by atoms with E-state index >= 15 is 0 Å². The topological polar surface area (TPSA) is 61.4 Å². The summed E-state index contributed by atoms with van der Waals surface area (Å²) in [6.07, 6.45) is 6.22. The number of benzene rings is 2. The van der Waals surface area contributed by atoms with Gasteiger partial charge in [-0.25, -0.2) is 13.6 Å². The van der Waals surface area contributed by atoms with Crippen LogP contribution in [0.25, 0.3) is 0 Å². The van der Waals surface area contributed by atoms with Gasteiger partial charge in [0.1, 0.15) is 17.7 Å². The van der Waals surface area contributed by atoms with E-state index in [-0.39, 0.29) is 35.4 Å². The Kier molecular flexibility index (Phi) is 10.7. The molecule has 1 aliphatic rings. The van der Waals surface area contributed by atoms with Crippen LogP contribution in [-0.4, -0.2) is 42.5 Å². The van der Waals surface area contributed by atoms with E-state index in [0.29, 0.717) is 25.8 Å². The van der Waals surface area contributed by atoms with E-state index < -0.39 is 6.04 Å². The zero-order valence-electron chi connectivity index (χ0n) is 21.4. The van der Waals surface area contributed by atoms with Gasteiger partial charge in [0.15, 0.2) is 0 Å². The number of nitrogens with zero attached hydrogens (tertiary/aromatic N) is 1. The molecule has 1 atom stereocenters. The zero-order valence-corrected chi connectivity index (χ0v) is 21.4. The van der Waals surface area contributed by atoms with Crippen molar-refractivity contribution in [3.63, 3.8) is 0 Å². The first-order valence-electron chi connectivity index (χ1n) is 13.2. The largest absolute Gasteiger partial charge is 0.354 e. The van der Waals surface area contributed by atoms with Crippen LogP contribution in [0.5, 0.6) is 0 Å². The lowest BCUT2D eigenvalue weighted by Crippen LogP contribution is -2.52. The molecule has 196 valence electrons. The van der Waals surface area contributed by atoms with Crippen molar-refractivity contribution in [1.29, 1.82) is 0 Å². The van der Waals surface area contributed by atoms with E-state index in [9.17, 15) is 18.4 Å². The fourth-order valence-corrected chi connectivity index (χ4v) is 4.77. The van der Waals surface area contributed by atoms with Crippen LogP contribution < -0.4 is 10.6 Å². The maximum Gasteiger partial charge on any atom is 0.318 e. The van der Waals surface area contributed by atoms with Crippen molar-refractivity contribution in [3.05, 3.63) is 71.3 Å². The van der Waals surface area contributed by atoms with Crippen LogP contribution in [0.1, 0.15) is 75.8 Å². The van der Waals surface area contributed by atoms with E-state index in [4.69, 9.17) is 0 Å². The van der Waals surface area contributed by atoms with Gasteiger partial charge in [-0.15, -0.1) is 0 Å². The number of urea groups is 1. The number of hydrogen-bond donors (Lipinski definition) is 2. The number of hydrogen-bond acceptors (Lipinski definition) is 2. The Morgan fingerprint density at radius 3 is 1.89 bits per heavy atom. The molecule has 1 fully saturated rings. The molecule has 3 rings (SSSR count). The Morgan fingerprint density at radius 1 is 0.861 bits per heavy atom. The van der Waals surface area contributed by atoms with Gasteiger partial charge >= 0.3 is 6.03 Å². The van der Waals surface area contributed by atoms with Crippen LogP contribution in [0.3, 0.4) is 0 Å². The molecule has 0 aliphatic carbocycles. The summed E-state index contributed by atoms with van der Waals surface area (Å²) in [7, 11) is 0. The van der Waals surface area contributed by atoms with Gasteiger partial charge in [-0.05, 0) is 73.4 Å². The second-order valence-electron chi connectivity index (χ2n) is 10.1. The van der Waals surface area contributed by atoms with Crippen molar-refractivity contribution in [1.82, 2.24) is 15.5 Å². The monoisotopic (exact) mass is 499 g/mol. The third-order valence-corrected chi connectivity index (χ3v) is 6.73. The van der Waals surface area contributed by atoms with Crippen LogP contribution >= 0.6 is 0 Å². The number of carbonyl (C=O) groups is 2. The molecule has 2 aromatic rings. The minimum atomic E-state index is -0.578. The van der Waals surface area contributed by atoms with Crippen LogP contribution in [0, 0.1) is 17.6 Å². The number of nitrogens with one attached hydrogen (secondary N) is 2. The third kappa shape index (κ3) is 8.61. The summed E-state index contributed by atoms with van der Waals surface area (Å²) in [4.78, 5) is 27.6. The molecule has 0 spiro atoms. The minimum absolute atomic E-state index is 0.0442. The average Bonchev–Trinajstić information content (AvgIpc) is 3.15. The first-order chi connectivity index (χ1) is 17.3. The first-order valence-corrected chi connectivity index (χ1v) is 13.2. The molecule has 2 aromatic carbocycles. The highest BCUT2D eigenvalue weighted by Crippen LogP contribution is 2.29. The molecular weight excluding hydrogens is 460 g/mol. The van der Waals surface area contributed by atoms with E-state index in [1.807, 2.05) is 18.7 Å². The minimum Gasteiger partial charge on any atom is -0.354 e. The van der Waals surface area contributed by atoms with Crippen molar-refractivity contribution >= 4 is 11.9 Å². The van der Waals surface area contributed by atoms with Crippen molar-refractivity contribution < 1.29 is 18.4 Å². The van der Waals surface area contributed by atoms with Crippen molar-refractivity contribution in [2.75, 3.05) is 19.6 Å². The lowest BCUT2D eigenvalue weighted by molar-refractivity contribution is -0.123. The molecule has 36 heavy (non-hydrogen) atoms. The Morgan fingerprint density at radius 2 is 1.39 bits per heavy atom. The summed E-state index contributed by atoms with van der Waals surface area (Å²) in [6, 6.07) is 12.0. The van der Waals surface area contributed by atoms with Crippen molar-refractivity contribution in [3.8, 4) is 0 Å². The lowest BCUT2D eigenvalue weighted by atomic mass is 9.87. The first kappa shape index (κ1) is 27.6. The van der Waals surface area contributed by atoms with E-state index in [0.717, 1.165) is 49.9 Å². The number of rotatable bonds is 10. The van der Waals surface area contributed by atoms with Gasteiger partial charge in [-0.3, -0.25) is 4.79 Å². The maximum absolute atomic E-state index is 13.5. The predicted octanol–water partition coefficient (Wildman–Crippen LogP) is 5.99. The zero-order chi connectivity index (χ0) is 25.9. The lowest BCUT2D eigenvalue weighted by Gasteiger charge is -2.26. The Labute approximate surface area is 213 Å². The molecule has 1 unspecified atom stereocenters. The summed E-state index contributed by atoms with van der Waals surface area (Å²) in [5.41, 5.74) is 1.88. The number of likely N-dealkylation sites (tertiary alicyclic amines) is 1. The highest BCUT2D eigenvalue weighted by Gasteiger charge is 2.25. The van der Waals surface area contributed by atoms with Gasteiger partial charge in [0, 0.05) is 25.6 Å². The molecule has 2 N–H and O–H groups in total. The standard InChI is InChI=1S/C29H39F2N3O2/c1-21(2)20-27(33-29(36)34-18-5-3-4-6-19-34)28(35)32-17-7-8-26(22-9-13-24(30)14-10-22)23-11-15-25(31)16-12-23/h9-16,21,26-27H,3-8,17-20H2,1-2H3,(H,32,35)(H,33,36). The highest BCUT2D eigenvalue weighted by atomic mass is 19.1. The second-order valence-corrected chi connectivity index (χ2v) is 10.1. The fourth-order valence-electron chi connectivity index (χ4n) is 4.77. The molecule has 0 bridgehead atoms. The summed E-state index contributed by atoms with van der Waals surface area (Å²) in [6.45, 7) is 5.99. The van der Waals surface area contributed by atoms with E-state index in [1.165, 1.54) is 24.3 Å². The number of carbonyl (C=O) groups excluding carboxylic acids is 2. The van der Waals surface area contributed by atoms with Crippen molar-refractivity contribution in [2.24, 2.45) is 5.92 Å². The summed E-state index contributed by atoms with van der Waals surface area (Å²) in [5, 5.41) is 5.95. The van der Waals surface area contributed by atoms with E-state index in [2.05, 4.69) is 10.6 Å². The van der Waals surface area contributed by atoms with Crippen LogP contribution in [0.2, 0.25) is 0 Å². The SMILES string of the molecule is CC(C)CC(NC(=O)N1CCCCCC1)C(=O)NCCCC(c1ccc(F)cc1)c1ccc(F)cc1. The summed E-state index contributed by atoms with van der Waals surface area (Å²) < 4.78 is 26.9. The maximum atomic E-state index is 13.5. The van der Waals surface area contributed by atoms with Gasteiger partial charge in [0.25, 0.3) is 0 Å². The quantitative estimate of drug-likeness (QED) is 0.394. The number of amides is 3. The summed E-state index contributed by atoms with van der Waals surface area (Å²) >= 11 is 0. The molecule has 1 aliphatic heterocycles. The average molecular weight is 500 g/mol. The van der Waals surface area contributed by atoms with E-state index in [1.54, 1.807) is 24.3 Å². The number of halogens is 2. The Bertz CT molecular complexity index is 910. The van der Waals surface area contributed by atoms with Crippen LogP contribution in [-0.2, 0) is 4.79 Å². The van der Waals surface area contributed by atoms with Gasteiger partial charge < -0.3 is 15.5 Å². The molecule has 7 heteroatoms. The van der Waals surface area contributed by atoms with Gasteiger partial charge in [-0.1, -0.05) is 51.0 Å². The predicted molar refractivity (Wildman–Crippen MR) is 139 cm³/mol. The molecule has 3 amide bonds.